The number of benzene rings is 2. The first-order chi connectivity index (χ1) is 15.7. The van der Waals surface area contributed by atoms with Crippen LogP contribution in [0.1, 0.15) is 22.8 Å². The molecule has 1 amide bonds. The summed E-state index contributed by atoms with van der Waals surface area (Å²) in [7, 11) is 3.04. The summed E-state index contributed by atoms with van der Waals surface area (Å²) in [5.41, 5.74) is 0.909. The van der Waals surface area contributed by atoms with Crippen molar-refractivity contribution in [3.63, 3.8) is 0 Å². The maximum atomic E-state index is 12.7. The van der Waals surface area contributed by atoms with E-state index in [1.54, 1.807) is 24.3 Å². The van der Waals surface area contributed by atoms with E-state index in [9.17, 15) is 19.5 Å². The summed E-state index contributed by atoms with van der Waals surface area (Å²) < 4.78 is 21.6. The fraction of sp³-hybridized carbons (Fsp3) is 0.261. The van der Waals surface area contributed by atoms with Gasteiger partial charge in [-0.15, -0.1) is 0 Å². The Labute approximate surface area is 189 Å². The van der Waals surface area contributed by atoms with Crippen molar-refractivity contribution in [2.24, 2.45) is 0 Å². The highest BCUT2D eigenvalue weighted by Gasteiger charge is 2.29. The maximum Gasteiger partial charge on any atom is 0.328 e. The molecule has 0 aromatic heterocycles. The van der Waals surface area contributed by atoms with Gasteiger partial charge >= 0.3 is 5.97 Å². The van der Waals surface area contributed by atoms with Gasteiger partial charge in [0, 0.05) is 11.6 Å². The van der Waals surface area contributed by atoms with E-state index in [2.05, 4.69) is 5.32 Å². The van der Waals surface area contributed by atoms with Crippen molar-refractivity contribution in [2.75, 3.05) is 20.8 Å². The number of nitrogens with one attached hydrogen (secondary N) is 1. The summed E-state index contributed by atoms with van der Waals surface area (Å²) in [6.07, 6.45) is 0.263. The normalized spacial score (nSPS) is 15.3. The maximum absolute atomic E-state index is 12.7. The summed E-state index contributed by atoms with van der Waals surface area (Å²) in [6.45, 7) is 0.758. The van der Waals surface area contributed by atoms with Crippen LogP contribution in [0.15, 0.2) is 42.2 Å². The van der Waals surface area contributed by atoms with Crippen LogP contribution in [0.5, 0.6) is 23.0 Å². The number of aliphatic hydroxyl groups excluding tert-OH is 1. The minimum Gasteiger partial charge on any atom is -0.497 e. The van der Waals surface area contributed by atoms with Crippen molar-refractivity contribution in [3.05, 3.63) is 53.3 Å². The van der Waals surface area contributed by atoms with E-state index < -0.39 is 30.6 Å². The molecule has 2 atom stereocenters. The molecule has 3 rings (SSSR count). The van der Waals surface area contributed by atoms with E-state index in [0.29, 0.717) is 22.6 Å². The second kappa shape index (κ2) is 10.0. The number of allylic oxidation sites excluding steroid dienone is 1. The first-order valence-electron chi connectivity index (χ1n) is 9.86. The number of carboxylic acid groups (broad SMARTS) is 1. The van der Waals surface area contributed by atoms with E-state index >= 15 is 0 Å². The lowest BCUT2D eigenvalue weighted by Gasteiger charge is -2.17. The molecule has 0 aliphatic carbocycles. The number of aliphatic hydroxyl groups is 1. The minimum atomic E-state index is -1.46. The molecule has 1 heterocycles. The topological polar surface area (TPSA) is 141 Å². The number of methoxy groups -OCH3 is 2. The lowest BCUT2D eigenvalue weighted by molar-refractivity contribution is -0.145. The number of rotatable bonds is 9. The van der Waals surface area contributed by atoms with E-state index in [0.717, 1.165) is 0 Å². The van der Waals surface area contributed by atoms with Gasteiger partial charge in [0.05, 0.1) is 25.9 Å². The molecule has 2 aromatic rings. The highest BCUT2D eigenvalue weighted by Crippen LogP contribution is 2.36. The molecule has 10 nitrogen and oxygen atoms in total. The number of ketones is 1. The molecule has 0 radical (unpaired) electrons. The van der Waals surface area contributed by atoms with Crippen molar-refractivity contribution < 1.29 is 43.5 Å². The summed E-state index contributed by atoms with van der Waals surface area (Å²) in [6, 6.07) is 8.14. The van der Waals surface area contributed by atoms with Crippen molar-refractivity contribution in [2.45, 2.75) is 19.1 Å². The molecule has 3 N–H and O–H groups in total. The minimum absolute atomic E-state index is 0.0766. The van der Waals surface area contributed by atoms with Gasteiger partial charge in [-0.1, -0.05) is 0 Å². The molecular weight excluding hydrogens is 434 g/mol. The molecule has 1 unspecified atom stereocenters. The lowest BCUT2D eigenvalue weighted by Crippen LogP contribution is -2.49. The van der Waals surface area contributed by atoms with Gasteiger partial charge in [-0.25, -0.2) is 4.79 Å². The molecule has 10 heteroatoms. The quantitative estimate of drug-likeness (QED) is 0.479. The highest BCUT2D eigenvalue weighted by molar-refractivity contribution is 6.14. The number of fused-ring (bicyclic) bond motifs is 1. The molecule has 1 aliphatic rings. The number of carboxylic acids is 1. The van der Waals surface area contributed by atoms with E-state index in [-0.39, 0.29) is 23.0 Å². The molecule has 174 valence electrons. The molecule has 33 heavy (non-hydrogen) atoms. The molecule has 0 spiro atoms. The zero-order valence-corrected chi connectivity index (χ0v) is 18.2. The third-order valence-electron chi connectivity index (χ3n) is 4.80. The molecular formula is C23H23NO9. The fourth-order valence-electron chi connectivity index (χ4n) is 3.10. The summed E-state index contributed by atoms with van der Waals surface area (Å²) in [5, 5.41) is 20.6. The molecule has 0 saturated carbocycles. The highest BCUT2D eigenvalue weighted by atomic mass is 16.5. The standard InChI is InChI=1S/C23H23NO9/c1-12(25)21(23(28)29)24-20(26)11-32-15-4-6-16-18(10-15)33-19(22(16)27)9-13-8-14(30-2)5-7-17(13)31-3/h4-10,12,21,25H,11H2,1-3H3,(H,24,26)(H,28,29)/b19-9-/t12?,21-/m0/s1. The predicted molar refractivity (Wildman–Crippen MR) is 116 cm³/mol. The second-order valence-electron chi connectivity index (χ2n) is 7.12. The Hall–Kier alpha value is -4.05. The molecule has 0 fully saturated rings. The third-order valence-corrected chi connectivity index (χ3v) is 4.80. The number of aliphatic carboxylic acids is 1. The van der Waals surface area contributed by atoms with Crippen LogP contribution >= 0.6 is 0 Å². The zero-order chi connectivity index (χ0) is 24.1. The van der Waals surface area contributed by atoms with Crippen molar-refractivity contribution in [1.29, 1.82) is 0 Å². The molecule has 2 aromatic carbocycles. The van der Waals surface area contributed by atoms with Crippen LogP contribution in [-0.4, -0.2) is 60.8 Å². The zero-order valence-electron chi connectivity index (χ0n) is 18.2. The van der Waals surface area contributed by atoms with Crippen LogP contribution in [0.25, 0.3) is 6.08 Å². The van der Waals surface area contributed by atoms with Crippen LogP contribution in [0.2, 0.25) is 0 Å². The number of ether oxygens (including phenoxy) is 4. The number of hydrogen-bond acceptors (Lipinski definition) is 8. The number of amides is 1. The van der Waals surface area contributed by atoms with Gasteiger partial charge < -0.3 is 34.5 Å². The molecule has 0 bridgehead atoms. The van der Waals surface area contributed by atoms with E-state index in [4.69, 9.17) is 24.1 Å². The Morgan fingerprint density at radius 1 is 1.12 bits per heavy atom. The Morgan fingerprint density at radius 3 is 2.48 bits per heavy atom. The smallest absolute Gasteiger partial charge is 0.328 e. The van der Waals surface area contributed by atoms with Crippen LogP contribution in [0, 0.1) is 0 Å². The number of Topliss-reactive ketones (excluding diaryl/α,β-unsaturated/α-hetero) is 1. The molecule has 0 saturated heterocycles. The van der Waals surface area contributed by atoms with Gasteiger partial charge in [0.2, 0.25) is 5.78 Å². The fourth-order valence-corrected chi connectivity index (χ4v) is 3.10. The predicted octanol–water partition coefficient (Wildman–Crippen LogP) is 1.65. The summed E-state index contributed by atoms with van der Waals surface area (Å²) in [5.74, 6) is -0.753. The van der Waals surface area contributed by atoms with Gasteiger partial charge in [0.1, 0.15) is 23.0 Å². The van der Waals surface area contributed by atoms with Gasteiger partial charge in [-0.3, -0.25) is 9.59 Å². The average molecular weight is 457 g/mol. The third kappa shape index (κ3) is 5.42. The first kappa shape index (κ1) is 23.6. The van der Waals surface area contributed by atoms with Gasteiger partial charge in [0.15, 0.2) is 18.4 Å². The van der Waals surface area contributed by atoms with Gasteiger partial charge in [-0.05, 0) is 43.3 Å². The SMILES string of the molecule is COc1ccc(OC)c(/C=C2\Oc3cc(OCC(=O)N[C@H](C(=O)O)C(C)O)ccc3C2=O)c1. The Morgan fingerprint density at radius 2 is 1.85 bits per heavy atom. The van der Waals surface area contributed by atoms with Gasteiger partial charge in [0.25, 0.3) is 5.91 Å². The van der Waals surface area contributed by atoms with Crippen molar-refractivity contribution in [1.82, 2.24) is 5.32 Å². The Bertz CT molecular complexity index is 1110. The van der Waals surface area contributed by atoms with Crippen molar-refractivity contribution in [3.8, 4) is 23.0 Å². The average Bonchev–Trinajstić information content (AvgIpc) is 3.10. The van der Waals surface area contributed by atoms with Gasteiger partial charge in [-0.2, -0.15) is 0 Å². The van der Waals surface area contributed by atoms with Crippen LogP contribution in [0.3, 0.4) is 0 Å². The Kier molecular flexibility index (Phi) is 7.19. The number of carbonyl (C=O) groups excluding carboxylic acids is 2. The summed E-state index contributed by atoms with van der Waals surface area (Å²) in [4.78, 5) is 35.8. The largest absolute Gasteiger partial charge is 0.497 e. The molecule has 1 aliphatic heterocycles. The van der Waals surface area contributed by atoms with Crippen LogP contribution in [-0.2, 0) is 9.59 Å². The second-order valence-corrected chi connectivity index (χ2v) is 7.12. The number of carbonyl (C=O) groups is 3. The van der Waals surface area contributed by atoms with Crippen LogP contribution in [0.4, 0.5) is 0 Å². The van der Waals surface area contributed by atoms with E-state index in [1.165, 1.54) is 39.3 Å². The number of hydrogen-bond donors (Lipinski definition) is 3. The van der Waals surface area contributed by atoms with E-state index in [1.807, 2.05) is 0 Å². The summed E-state index contributed by atoms with van der Waals surface area (Å²) >= 11 is 0. The first-order valence-corrected chi connectivity index (χ1v) is 9.86. The van der Waals surface area contributed by atoms with Crippen LogP contribution < -0.4 is 24.3 Å². The Balaban J connectivity index is 1.72. The monoisotopic (exact) mass is 457 g/mol. The lowest BCUT2D eigenvalue weighted by atomic mass is 10.1. The van der Waals surface area contributed by atoms with Crippen molar-refractivity contribution >= 4 is 23.7 Å².